The zero-order valence-electron chi connectivity index (χ0n) is 8.55. The summed E-state index contributed by atoms with van der Waals surface area (Å²) in [6.07, 6.45) is 3.99. The molecule has 0 aromatic heterocycles. The molecule has 3 heteroatoms. The summed E-state index contributed by atoms with van der Waals surface area (Å²) in [6.45, 7) is 3.62. The molecule has 0 aliphatic rings. The lowest BCUT2D eigenvalue weighted by molar-refractivity contribution is 0.569. The molecule has 1 nitrogen and oxygen atoms in total. The molecule has 1 aromatic carbocycles. The number of benzene rings is 1. The number of rotatable bonds is 5. The predicted molar refractivity (Wildman–Crippen MR) is 62.5 cm³/mol. The average molecular weight is 228 g/mol. The molecule has 1 atom stereocenters. The lowest BCUT2D eigenvalue weighted by atomic mass is 10.0. The van der Waals surface area contributed by atoms with E-state index in [4.69, 9.17) is 17.3 Å². The Hall–Kier alpha value is -0.860. The maximum Gasteiger partial charge on any atom is 0.145 e. The van der Waals surface area contributed by atoms with Gasteiger partial charge < -0.3 is 5.73 Å². The first-order valence-electron chi connectivity index (χ1n) is 4.94. The number of hydrogen-bond acceptors (Lipinski definition) is 1. The Morgan fingerprint density at radius 2 is 2.27 bits per heavy atom. The van der Waals surface area contributed by atoms with Gasteiger partial charge in [-0.2, -0.15) is 0 Å². The van der Waals surface area contributed by atoms with Crippen molar-refractivity contribution < 1.29 is 4.39 Å². The topological polar surface area (TPSA) is 26.0 Å². The Bertz CT molecular complexity index is 338. The summed E-state index contributed by atoms with van der Waals surface area (Å²) in [5.74, 6) is -0.354. The van der Waals surface area contributed by atoms with E-state index in [0.717, 1.165) is 12.8 Å². The Balaban J connectivity index is 2.63. The fourth-order valence-electron chi connectivity index (χ4n) is 1.42. The van der Waals surface area contributed by atoms with E-state index < -0.39 is 0 Å². The van der Waals surface area contributed by atoms with E-state index in [1.165, 1.54) is 6.07 Å². The molecule has 82 valence electrons. The highest BCUT2D eigenvalue weighted by Crippen LogP contribution is 2.19. The largest absolute Gasteiger partial charge is 0.327 e. The fourth-order valence-corrected chi connectivity index (χ4v) is 1.62. The van der Waals surface area contributed by atoms with Gasteiger partial charge in [0.2, 0.25) is 0 Å². The Kier molecular flexibility index (Phi) is 4.79. The number of hydrogen-bond donors (Lipinski definition) is 1. The van der Waals surface area contributed by atoms with Crippen LogP contribution in [0.3, 0.4) is 0 Å². The summed E-state index contributed by atoms with van der Waals surface area (Å²) in [5.41, 5.74) is 6.44. The van der Waals surface area contributed by atoms with Gasteiger partial charge in [0.15, 0.2) is 0 Å². The molecule has 0 heterocycles. The molecule has 0 aliphatic heterocycles. The van der Waals surface area contributed by atoms with Crippen LogP contribution in [0, 0.1) is 5.82 Å². The van der Waals surface area contributed by atoms with Crippen LogP contribution in [0.4, 0.5) is 4.39 Å². The smallest absolute Gasteiger partial charge is 0.145 e. The van der Waals surface area contributed by atoms with Crippen molar-refractivity contribution in [3.63, 3.8) is 0 Å². The fraction of sp³-hybridized carbons (Fsp3) is 0.333. The maximum atomic E-state index is 13.5. The summed E-state index contributed by atoms with van der Waals surface area (Å²) in [7, 11) is 0. The van der Waals surface area contributed by atoms with Gasteiger partial charge >= 0.3 is 0 Å². The summed E-state index contributed by atoms with van der Waals surface area (Å²) in [6, 6.07) is 4.95. The summed E-state index contributed by atoms with van der Waals surface area (Å²) >= 11 is 5.67. The minimum Gasteiger partial charge on any atom is -0.327 e. The third kappa shape index (κ3) is 3.65. The Morgan fingerprint density at radius 1 is 1.53 bits per heavy atom. The maximum absolute atomic E-state index is 13.5. The molecule has 0 fully saturated rings. The van der Waals surface area contributed by atoms with Crippen molar-refractivity contribution in [3.8, 4) is 0 Å². The third-order valence-electron chi connectivity index (χ3n) is 2.26. The standard InChI is InChI=1S/C12H15ClFN/c1-2-3-6-10(15)8-9-5-4-7-11(13)12(9)14/h2,4-5,7,10H,1,3,6,8,15H2. The van der Waals surface area contributed by atoms with Crippen molar-refractivity contribution in [2.24, 2.45) is 5.73 Å². The minimum absolute atomic E-state index is 0.0454. The second kappa shape index (κ2) is 5.89. The van der Waals surface area contributed by atoms with Crippen LogP contribution in [0.15, 0.2) is 30.9 Å². The molecule has 2 N–H and O–H groups in total. The van der Waals surface area contributed by atoms with E-state index in [1.54, 1.807) is 12.1 Å². The van der Waals surface area contributed by atoms with Crippen LogP contribution in [-0.2, 0) is 6.42 Å². The van der Waals surface area contributed by atoms with E-state index >= 15 is 0 Å². The first-order chi connectivity index (χ1) is 7.15. The molecule has 0 amide bonds. The lowest BCUT2D eigenvalue weighted by Gasteiger charge is -2.11. The minimum atomic E-state index is -0.354. The van der Waals surface area contributed by atoms with Gasteiger partial charge in [0.1, 0.15) is 5.82 Å². The van der Waals surface area contributed by atoms with E-state index in [-0.39, 0.29) is 16.9 Å². The van der Waals surface area contributed by atoms with Gasteiger partial charge in [-0.15, -0.1) is 6.58 Å². The van der Waals surface area contributed by atoms with Gasteiger partial charge in [0, 0.05) is 6.04 Å². The highest BCUT2D eigenvalue weighted by atomic mass is 35.5. The van der Waals surface area contributed by atoms with Crippen LogP contribution in [0.5, 0.6) is 0 Å². The van der Waals surface area contributed by atoms with Crippen molar-refractivity contribution in [2.45, 2.75) is 25.3 Å². The van der Waals surface area contributed by atoms with E-state index in [9.17, 15) is 4.39 Å². The number of nitrogens with two attached hydrogens (primary N) is 1. The van der Waals surface area contributed by atoms with Crippen molar-refractivity contribution in [1.82, 2.24) is 0 Å². The highest BCUT2D eigenvalue weighted by molar-refractivity contribution is 6.30. The normalized spacial score (nSPS) is 12.5. The van der Waals surface area contributed by atoms with Crippen molar-refractivity contribution in [3.05, 3.63) is 47.3 Å². The molecule has 0 radical (unpaired) electrons. The molecule has 0 saturated heterocycles. The van der Waals surface area contributed by atoms with Crippen LogP contribution >= 0.6 is 11.6 Å². The first kappa shape index (κ1) is 12.2. The molecular formula is C12H15ClFN. The van der Waals surface area contributed by atoms with Crippen molar-refractivity contribution in [1.29, 1.82) is 0 Å². The van der Waals surface area contributed by atoms with Crippen LogP contribution < -0.4 is 5.73 Å². The molecule has 0 bridgehead atoms. The van der Waals surface area contributed by atoms with Crippen LogP contribution in [-0.4, -0.2) is 6.04 Å². The van der Waals surface area contributed by atoms with Gasteiger partial charge in [-0.1, -0.05) is 29.8 Å². The van der Waals surface area contributed by atoms with Crippen molar-refractivity contribution >= 4 is 11.6 Å². The molecule has 1 rings (SSSR count). The summed E-state index contributed by atoms with van der Waals surface area (Å²) in [4.78, 5) is 0. The molecular weight excluding hydrogens is 213 g/mol. The second-order valence-electron chi connectivity index (χ2n) is 3.54. The average Bonchev–Trinajstić information content (AvgIpc) is 2.22. The Labute approximate surface area is 94.7 Å². The van der Waals surface area contributed by atoms with Gasteiger partial charge in [0.25, 0.3) is 0 Å². The van der Waals surface area contributed by atoms with Crippen molar-refractivity contribution in [2.75, 3.05) is 0 Å². The monoisotopic (exact) mass is 227 g/mol. The van der Waals surface area contributed by atoms with Gasteiger partial charge in [-0.3, -0.25) is 0 Å². The van der Waals surface area contributed by atoms with Crippen LogP contribution in [0.2, 0.25) is 5.02 Å². The molecule has 1 aromatic rings. The first-order valence-corrected chi connectivity index (χ1v) is 5.32. The number of halogens is 2. The Morgan fingerprint density at radius 3 is 2.93 bits per heavy atom. The van der Waals surface area contributed by atoms with Gasteiger partial charge in [-0.25, -0.2) is 4.39 Å². The quantitative estimate of drug-likeness (QED) is 0.768. The zero-order chi connectivity index (χ0) is 11.3. The van der Waals surface area contributed by atoms with Gasteiger partial charge in [0.05, 0.1) is 5.02 Å². The molecule has 1 unspecified atom stereocenters. The molecule has 0 spiro atoms. The number of allylic oxidation sites excluding steroid dienone is 1. The highest BCUT2D eigenvalue weighted by Gasteiger charge is 2.09. The SMILES string of the molecule is C=CCCC(N)Cc1cccc(Cl)c1F. The predicted octanol–water partition coefficient (Wildman–Crippen LogP) is 3.32. The zero-order valence-corrected chi connectivity index (χ0v) is 9.30. The molecule has 15 heavy (non-hydrogen) atoms. The summed E-state index contributed by atoms with van der Waals surface area (Å²) in [5, 5.41) is 0.156. The third-order valence-corrected chi connectivity index (χ3v) is 2.55. The second-order valence-corrected chi connectivity index (χ2v) is 3.95. The van der Waals surface area contributed by atoms with E-state index in [1.807, 2.05) is 6.08 Å². The van der Waals surface area contributed by atoms with Crippen LogP contribution in [0.25, 0.3) is 0 Å². The lowest BCUT2D eigenvalue weighted by Crippen LogP contribution is -2.23. The van der Waals surface area contributed by atoms with E-state index in [0.29, 0.717) is 12.0 Å². The van der Waals surface area contributed by atoms with Gasteiger partial charge in [-0.05, 0) is 30.9 Å². The molecule has 0 saturated carbocycles. The van der Waals surface area contributed by atoms with Crippen LogP contribution in [0.1, 0.15) is 18.4 Å². The van der Waals surface area contributed by atoms with E-state index in [2.05, 4.69) is 6.58 Å². The summed E-state index contributed by atoms with van der Waals surface area (Å²) < 4.78 is 13.5. The molecule has 0 aliphatic carbocycles.